The topological polar surface area (TPSA) is 26.3 Å². The van der Waals surface area contributed by atoms with Crippen molar-refractivity contribution in [3.8, 4) is 44.7 Å². The van der Waals surface area contributed by atoms with Gasteiger partial charge in [-0.05, 0) is 97.4 Å². The van der Waals surface area contributed by atoms with Gasteiger partial charge in [-0.15, -0.1) is 0 Å². The minimum atomic E-state index is 0.876. The monoisotopic (exact) mass is 612 g/mol. The molecule has 0 saturated heterocycles. The van der Waals surface area contributed by atoms with E-state index in [2.05, 4.69) is 152 Å². The molecular formula is C46H28O2. The first-order valence-electron chi connectivity index (χ1n) is 16.3. The van der Waals surface area contributed by atoms with Gasteiger partial charge in [0.05, 0.1) is 0 Å². The van der Waals surface area contributed by atoms with Crippen molar-refractivity contribution >= 4 is 54.5 Å². The third kappa shape index (κ3) is 4.20. The van der Waals surface area contributed by atoms with Crippen molar-refractivity contribution in [2.45, 2.75) is 0 Å². The second-order valence-corrected chi connectivity index (χ2v) is 12.5. The maximum atomic E-state index is 6.62. The summed E-state index contributed by atoms with van der Waals surface area (Å²) in [7, 11) is 0. The van der Waals surface area contributed by atoms with E-state index in [1.807, 2.05) is 18.2 Å². The van der Waals surface area contributed by atoms with Crippen molar-refractivity contribution in [2.75, 3.05) is 0 Å². The molecule has 10 aromatic rings. The highest BCUT2D eigenvalue weighted by molar-refractivity contribution is 6.22. The molecule has 0 amide bonds. The van der Waals surface area contributed by atoms with Gasteiger partial charge in [0.2, 0.25) is 0 Å². The van der Waals surface area contributed by atoms with Crippen LogP contribution in [0.5, 0.6) is 0 Å². The molecule has 0 bridgehead atoms. The molecule has 0 atom stereocenters. The molecule has 0 N–H and O–H groups in total. The number of furan rings is 2. The van der Waals surface area contributed by atoms with Gasteiger partial charge in [0.25, 0.3) is 0 Å². The first-order chi connectivity index (χ1) is 23.8. The van der Waals surface area contributed by atoms with Crippen molar-refractivity contribution in [2.24, 2.45) is 0 Å². The molecule has 48 heavy (non-hydrogen) atoms. The van der Waals surface area contributed by atoms with E-state index in [1.54, 1.807) is 0 Å². The maximum absolute atomic E-state index is 6.62. The van der Waals surface area contributed by atoms with E-state index >= 15 is 0 Å². The van der Waals surface area contributed by atoms with Crippen molar-refractivity contribution in [3.05, 3.63) is 170 Å². The van der Waals surface area contributed by atoms with E-state index in [-0.39, 0.29) is 0 Å². The zero-order valence-corrected chi connectivity index (χ0v) is 26.0. The Kier molecular flexibility index (Phi) is 5.91. The smallest absolute Gasteiger partial charge is 0.136 e. The Hall–Kier alpha value is -6.38. The van der Waals surface area contributed by atoms with Crippen LogP contribution in [0.1, 0.15) is 0 Å². The predicted octanol–water partition coefficient (Wildman–Crippen LogP) is 13.3. The fraction of sp³-hybridized carbons (Fsp3) is 0. The third-order valence-electron chi connectivity index (χ3n) is 9.66. The van der Waals surface area contributed by atoms with Crippen LogP contribution in [0.25, 0.3) is 99.2 Å². The molecule has 0 saturated carbocycles. The van der Waals surface area contributed by atoms with Crippen LogP contribution in [0.4, 0.5) is 0 Å². The standard InChI is InChI=1S/C46H28O2/c1-3-11-29(12-4-1)42-28-34-25-31(21-24-41(34)47-42)32-19-22-35-36-23-20-33(27-44(36)48-43(35)26-32)46-39-17-9-7-15-37(39)45(30-13-5-2-6-14-30)38-16-8-10-18-40(38)46/h1-28H. The highest BCUT2D eigenvalue weighted by Gasteiger charge is 2.18. The van der Waals surface area contributed by atoms with Crippen LogP contribution < -0.4 is 0 Å². The highest BCUT2D eigenvalue weighted by atomic mass is 16.3. The van der Waals surface area contributed by atoms with Crippen LogP contribution in [0.2, 0.25) is 0 Å². The number of hydrogen-bond acceptors (Lipinski definition) is 2. The summed E-state index contributed by atoms with van der Waals surface area (Å²) in [5.74, 6) is 0.876. The summed E-state index contributed by atoms with van der Waals surface area (Å²) in [5, 5.41) is 8.28. The summed E-state index contributed by atoms with van der Waals surface area (Å²) in [4.78, 5) is 0. The second-order valence-electron chi connectivity index (χ2n) is 12.5. The number of benzene rings is 8. The number of hydrogen-bond donors (Lipinski definition) is 0. The molecule has 0 aliphatic heterocycles. The Morgan fingerprint density at radius 1 is 0.271 bits per heavy atom. The number of rotatable bonds is 4. The molecule has 0 aliphatic rings. The Labute approximate surface area is 277 Å². The Bertz CT molecular complexity index is 2760. The fourth-order valence-corrected chi connectivity index (χ4v) is 7.43. The lowest BCUT2D eigenvalue weighted by Crippen LogP contribution is -1.90. The zero-order valence-electron chi connectivity index (χ0n) is 26.0. The van der Waals surface area contributed by atoms with E-state index in [1.165, 1.54) is 38.2 Å². The molecule has 0 aliphatic carbocycles. The van der Waals surface area contributed by atoms with Gasteiger partial charge in [-0.25, -0.2) is 0 Å². The van der Waals surface area contributed by atoms with Gasteiger partial charge in [0, 0.05) is 21.7 Å². The fourth-order valence-electron chi connectivity index (χ4n) is 7.43. The summed E-state index contributed by atoms with van der Waals surface area (Å²) < 4.78 is 12.8. The summed E-state index contributed by atoms with van der Waals surface area (Å²) in [5.41, 5.74) is 10.8. The van der Waals surface area contributed by atoms with Gasteiger partial charge in [-0.1, -0.05) is 127 Å². The van der Waals surface area contributed by atoms with E-state index in [0.29, 0.717) is 0 Å². The van der Waals surface area contributed by atoms with Gasteiger partial charge in [0.15, 0.2) is 0 Å². The molecule has 224 valence electrons. The minimum Gasteiger partial charge on any atom is -0.456 e. The van der Waals surface area contributed by atoms with Crippen molar-refractivity contribution in [1.29, 1.82) is 0 Å². The lowest BCUT2D eigenvalue weighted by Gasteiger charge is -2.17. The van der Waals surface area contributed by atoms with E-state index in [4.69, 9.17) is 8.83 Å². The van der Waals surface area contributed by atoms with E-state index in [9.17, 15) is 0 Å². The number of fused-ring (bicyclic) bond motifs is 6. The van der Waals surface area contributed by atoms with Crippen molar-refractivity contribution < 1.29 is 8.83 Å². The van der Waals surface area contributed by atoms with Crippen LogP contribution >= 0.6 is 0 Å². The molecule has 0 fully saturated rings. The predicted molar refractivity (Wildman–Crippen MR) is 200 cm³/mol. The molecule has 0 unspecified atom stereocenters. The Balaban J connectivity index is 1.10. The molecule has 2 aromatic heterocycles. The molecule has 2 nitrogen and oxygen atoms in total. The Morgan fingerprint density at radius 3 is 1.38 bits per heavy atom. The SMILES string of the molecule is c1ccc(-c2cc3cc(-c4ccc5c(c4)oc4cc(-c6c7ccccc7c(-c7ccccc7)c7ccccc67)ccc45)ccc3o2)cc1. The third-order valence-corrected chi connectivity index (χ3v) is 9.66. The van der Waals surface area contributed by atoms with Gasteiger partial charge in [-0.3, -0.25) is 0 Å². The van der Waals surface area contributed by atoms with Crippen LogP contribution in [-0.4, -0.2) is 0 Å². The first-order valence-corrected chi connectivity index (χ1v) is 16.3. The lowest BCUT2D eigenvalue weighted by atomic mass is 9.86. The Morgan fingerprint density at radius 2 is 0.750 bits per heavy atom. The van der Waals surface area contributed by atoms with E-state index in [0.717, 1.165) is 60.9 Å². The second kappa shape index (κ2) is 10.6. The normalized spacial score (nSPS) is 11.8. The van der Waals surface area contributed by atoms with Crippen LogP contribution in [-0.2, 0) is 0 Å². The van der Waals surface area contributed by atoms with Gasteiger partial charge in [-0.2, -0.15) is 0 Å². The van der Waals surface area contributed by atoms with Gasteiger partial charge < -0.3 is 8.83 Å². The molecule has 0 radical (unpaired) electrons. The first kappa shape index (κ1) is 26.8. The van der Waals surface area contributed by atoms with Crippen LogP contribution in [0.3, 0.4) is 0 Å². The van der Waals surface area contributed by atoms with Gasteiger partial charge >= 0.3 is 0 Å². The van der Waals surface area contributed by atoms with E-state index < -0.39 is 0 Å². The largest absolute Gasteiger partial charge is 0.456 e. The lowest BCUT2D eigenvalue weighted by molar-refractivity contribution is 0.631. The maximum Gasteiger partial charge on any atom is 0.136 e. The summed E-state index contributed by atoms with van der Waals surface area (Å²) in [6.45, 7) is 0. The van der Waals surface area contributed by atoms with Crippen molar-refractivity contribution in [1.82, 2.24) is 0 Å². The van der Waals surface area contributed by atoms with Crippen molar-refractivity contribution in [3.63, 3.8) is 0 Å². The summed E-state index contributed by atoms with van der Waals surface area (Å²) in [6.07, 6.45) is 0. The minimum absolute atomic E-state index is 0.876. The molecule has 2 heteroatoms. The average Bonchev–Trinajstić information content (AvgIpc) is 3.75. The van der Waals surface area contributed by atoms with Crippen LogP contribution in [0.15, 0.2) is 179 Å². The molecule has 10 rings (SSSR count). The molecule has 0 spiro atoms. The average molecular weight is 613 g/mol. The molecule has 2 heterocycles. The zero-order chi connectivity index (χ0) is 31.6. The highest BCUT2D eigenvalue weighted by Crippen LogP contribution is 2.45. The van der Waals surface area contributed by atoms with Gasteiger partial charge in [0.1, 0.15) is 22.5 Å². The quantitative estimate of drug-likeness (QED) is 0.185. The summed E-state index contributed by atoms with van der Waals surface area (Å²) >= 11 is 0. The summed E-state index contributed by atoms with van der Waals surface area (Å²) in [6, 6.07) is 60.2. The molecule has 8 aromatic carbocycles. The van der Waals surface area contributed by atoms with Crippen LogP contribution in [0, 0.1) is 0 Å². The molecular weight excluding hydrogens is 585 g/mol.